The summed E-state index contributed by atoms with van der Waals surface area (Å²) in [6.07, 6.45) is 0.377. The highest BCUT2D eigenvalue weighted by Crippen LogP contribution is 2.41. The number of anilines is 1. The molecule has 0 bridgehead atoms. The van der Waals surface area contributed by atoms with Crippen molar-refractivity contribution in [2.45, 2.75) is 56.0 Å². The number of halogens is 3. The third-order valence-corrected chi connectivity index (χ3v) is 5.92. The average Bonchev–Trinajstić information content (AvgIpc) is 3.27. The van der Waals surface area contributed by atoms with Gasteiger partial charge in [-0.15, -0.1) is 0 Å². The Morgan fingerprint density at radius 3 is 2.76 bits per heavy atom. The fraction of sp³-hybridized carbons (Fsp3) is 0.476. The average molecular weight is 482 g/mol. The number of carbonyl (C=O) groups excluding carboxylic acids is 3. The molecule has 1 aliphatic carbocycles. The van der Waals surface area contributed by atoms with Crippen LogP contribution < -0.4 is 16.4 Å². The molecule has 13 heteroatoms. The van der Waals surface area contributed by atoms with Gasteiger partial charge in [-0.3, -0.25) is 24.8 Å². The molecule has 2 heterocycles. The molecule has 34 heavy (non-hydrogen) atoms. The van der Waals surface area contributed by atoms with Crippen molar-refractivity contribution in [3.63, 3.8) is 0 Å². The van der Waals surface area contributed by atoms with Gasteiger partial charge in [0.2, 0.25) is 11.8 Å². The minimum absolute atomic E-state index is 0.101. The van der Waals surface area contributed by atoms with Gasteiger partial charge in [-0.05, 0) is 31.7 Å². The van der Waals surface area contributed by atoms with Crippen LogP contribution in [0.25, 0.3) is 0 Å². The summed E-state index contributed by atoms with van der Waals surface area (Å²) in [5.41, 5.74) is 2.19. The molecule has 184 valence electrons. The highest BCUT2D eigenvalue weighted by atomic mass is 19.4. The highest BCUT2D eigenvalue weighted by molar-refractivity contribution is 6.44. The number of rotatable bonds is 7. The number of nitrogens with one attached hydrogen (secondary N) is 3. The van der Waals surface area contributed by atoms with Crippen molar-refractivity contribution in [3.8, 4) is 0 Å². The third kappa shape index (κ3) is 5.35. The second-order valence-electron chi connectivity index (χ2n) is 8.28. The Kier molecular flexibility index (Phi) is 7.24. The fourth-order valence-corrected chi connectivity index (χ4v) is 4.09. The first-order valence-corrected chi connectivity index (χ1v) is 10.6. The lowest BCUT2D eigenvalue weighted by molar-refractivity contribution is -0.271. The van der Waals surface area contributed by atoms with Gasteiger partial charge < -0.3 is 26.4 Å². The number of amides is 3. The Bertz CT molecular complexity index is 1010. The van der Waals surface area contributed by atoms with Gasteiger partial charge in [0.15, 0.2) is 5.60 Å². The van der Waals surface area contributed by atoms with Crippen LogP contribution >= 0.6 is 0 Å². The summed E-state index contributed by atoms with van der Waals surface area (Å²) in [6.45, 7) is -0.309. The zero-order valence-electron chi connectivity index (χ0n) is 18.1. The van der Waals surface area contributed by atoms with Gasteiger partial charge in [0.1, 0.15) is 11.8 Å². The topological polar surface area (TPSA) is 162 Å². The molecule has 10 nitrogen and oxygen atoms in total. The second kappa shape index (κ2) is 9.79. The van der Waals surface area contributed by atoms with Crippen molar-refractivity contribution in [2.75, 3.05) is 11.9 Å². The minimum Gasteiger partial charge on any atom is -0.380 e. The molecular formula is C21H25F3N6O4. The van der Waals surface area contributed by atoms with Gasteiger partial charge in [0, 0.05) is 30.4 Å². The number of alkyl halides is 3. The molecule has 3 atom stereocenters. The Morgan fingerprint density at radius 1 is 1.35 bits per heavy atom. The van der Waals surface area contributed by atoms with Gasteiger partial charge in [-0.2, -0.15) is 13.2 Å². The van der Waals surface area contributed by atoms with E-state index in [0.29, 0.717) is 0 Å². The van der Waals surface area contributed by atoms with Gasteiger partial charge in [-0.1, -0.05) is 6.08 Å². The van der Waals surface area contributed by atoms with E-state index in [0.717, 1.165) is 4.90 Å². The standard InChI is InChI=1S/C21H25F3N6O4/c22-21(23,24)20(34)6-1-3-12(9-20)29-19(33)15-4-2-8-30(15)16(31)11-28-14-10-27-7-5-13(14)17(25)18(26)32/h2,5,7-8,10,12,15,25,28,34H,1,3-4,6,9,11H2,(H2,26,32)(H,29,33)/t12?,15-,20?/m0/s1. The minimum atomic E-state index is -4.80. The van der Waals surface area contributed by atoms with E-state index >= 15 is 0 Å². The predicted molar refractivity (Wildman–Crippen MR) is 115 cm³/mol. The van der Waals surface area contributed by atoms with Crippen molar-refractivity contribution >= 4 is 29.1 Å². The molecule has 1 aliphatic heterocycles. The number of pyridine rings is 1. The molecule has 0 saturated heterocycles. The number of hydrogen-bond donors (Lipinski definition) is 5. The van der Waals surface area contributed by atoms with Crippen LogP contribution in [0, 0.1) is 5.41 Å². The normalized spacial score (nSPS) is 24.5. The van der Waals surface area contributed by atoms with Crippen LogP contribution in [0.3, 0.4) is 0 Å². The Morgan fingerprint density at radius 2 is 2.09 bits per heavy atom. The first-order valence-electron chi connectivity index (χ1n) is 10.6. The molecule has 0 spiro atoms. The van der Waals surface area contributed by atoms with Crippen LogP contribution in [-0.2, 0) is 14.4 Å². The van der Waals surface area contributed by atoms with Crippen molar-refractivity contribution < 1.29 is 32.7 Å². The van der Waals surface area contributed by atoms with E-state index in [2.05, 4.69) is 15.6 Å². The van der Waals surface area contributed by atoms with Gasteiger partial charge >= 0.3 is 6.18 Å². The number of nitrogens with zero attached hydrogens (tertiary/aromatic N) is 2. The molecule has 3 rings (SSSR count). The number of aliphatic hydroxyl groups is 1. The van der Waals surface area contributed by atoms with Gasteiger partial charge in [0.05, 0.1) is 18.4 Å². The molecule has 2 aliphatic rings. The monoisotopic (exact) mass is 482 g/mol. The second-order valence-corrected chi connectivity index (χ2v) is 8.28. The zero-order chi connectivity index (χ0) is 25.1. The predicted octanol–water partition coefficient (Wildman–Crippen LogP) is 0.813. The molecule has 6 N–H and O–H groups in total. The summed E-state index contributed by atoms with van der Waals surface area (Å²) in [4.78, 5) is 41.9. The SMILES string of the molecule is N=C(C(N)=O)c1ccncc1NCC(=O)N1C=CC[C@H]1C(=O)NC1CCCC(O)(C(F)(F)F)C1. The Labute approximate surface area is 192 Å². The number of primary amides is 1. The number of hydrogen-bond acceptors (Lipinski definition) is 7. The van der Waals surface area contributed by atoms with Crippen molar-refractivity contribution in [1.82, 2.24) is 15.2 Å². The van der Waals surface area contributed by atoms with E-state index < -0.39 is 60.1 Å². The van der Waals surface area contributed by atoms with Crippen LogP contribution in [0.4, 0.5) is 18.9 Å². The molecule has 1 aromatic rings. The van der Waals surface area contributed by atoms with Crippen LogP contribution in [-0.4, -0.2) is 68.8 Å². The maximum atomic E-state index is 13.2. The van der Waals surface area contributed by atoms with Crippen molar-refractivity contribution in [2.24, 2.45) is 5.73 Å². The van der Waals surface area contributed by atoms with Gasteiger partial charge in [0.25, 0.3) is 5.91 Å². The molecule has 2 unspecified atom stereocenters. The molecule has 1 fully saturated rings. The lowest BCUT2D eigenvalue weighted by Gasteiger charge is -2.38. The van der Waals surface area contributed by atoms with Crippen LogP contribution in [0.2, 0.25) is 0 Å². The fourth-order valence-electron chi connectivity index (χ4n) is 4.09. The summed E-state index contributed by atoms with van der Waals surface area (Å²) in [6, 6.07) is -0.438. The largest absolute Gasteiger partial charge is 0.417 e. The van der Waals surface area contributed by atoms with Crippen molar-refractivity contribution in [1.29, 1.82) is 5.41 Å². The van der Waals surface area contributed by atoms with E-state index in [1.54, 1.807) is 6.08 Å². The lowest BCUT2D eigenvalue weighted by atomic mass is 9.81. The quantitative estimate of drug-likeness (QED) is 0.362. The Hall–Kier alpha value is -3.48. The Balaban J connectivity index is 1.61. The van der Waals surface area contributed by atoms with Crippen LogP contribution in [0.15, 0.2) is 30.7 Å². The first kappa shape index (κ1) is 25.1. The van der Waals surface area contributed by atoms with E-state index in [4.69, 9.17) is 11.1 Å². The zero-order valence-corrected chi connectivity index (χ0v) is 18.1. The van der Waals surface area contributed by atoms with Crippen LogP contribution in [0.5, 0.6) is 0 Å². The summed E-state index contributed by atoms with van der Waals surface area (Å²) in [5.74, 6) is -2.10. The number of nitrogens with two attached hydrogens (primary N) is 1. The molecule has 0 aromatic carbocycles. The van der Waals surface area contributed by atoms with E-state index in [9.17, 15) is 32.7 Å². The molecule has 0 radical (unpaired) electrons. The molecular weight excluding hydrogens is 457 g/mol. The summed E-state index contributed by atoms with van der Waals surface area (Å²) in [7, 11) is 0. The molecule has 1 saturated carbocycles. The molecule has 3 amide bonds. The van der Waals surface area contributed by atoms with Crippen LogP contribution in [0.1, 0.15) is 37.7 Å². The third-order valence-electron chi connectivity index (χ3n) is 5.92. The highest BCUT2D eigenvalue weighted by Gasteiger charge is 2.55. The van der Waals surface area contributed by atoms with E-state index in [-0.39, 0.29) is 37.1 Å². The van der Waals surface area contributed by atoms with Gasteiger partial charge in [-0.25, -0.2) is 0 Å². The number of aromatic nitrogens is 1. The van der Waals surface area contributed by atoms with E-state index in [1.165, 1.54) is 24.7 Å². The van der Waals surface area contributed by atoms with E-state index in [1.807, 2.05) is 0 Å². The molecule has 1 aromatic heterocycles. The first-order chi connectivity index (χ1) is 15.9. The van der Waals surface area contributed by atoms with Crippen molar-refractivity contribution in [3.05, 3.63) is 36.3 Å². The lowest BCUT2D eigenvalue weighted by Crippen LogP contribution is -2.55. The smallest absolute Gasteiger partial charge is 0.380 e. The summed E-state index contributed by atoms with van der Waals surface area (Å²) >= 11 is 0. The summed E-state index contributed by atoms with van der Waals surface area (Å²) < 4.78 is 39.5. The number of carbonyl (C=O) groups is 3. The maximum absolute atomic E-state index is 13.2. The summed E-state index contributed by atoms with van der Waals surface area (Å²) in [5, 5.41) is 23.0. The maximum Gasteiger partial charge on any atom is 0.417 e.